The monoisotopic (exact) mass is 79.1 g/mol. The van der Waals surface area contributed by atoms with Crippen LogP contribution in [-0.2, 0) is 0 Å². The molecule has 0 radical (unpaired) electrons. The molecule has 1 nitrogen and oxygen atoms in total. The molecule has 0 bridgehead atoms. The lowest BCUT2D eigenvalue weighted by Crippen LogP contribution is -2.23. The van der Waals surface area contributed by atoms with Crippen LogP contribution in [0.2, 0.25) is 0 Å². The normalized spacial score (nSPS) is 7.50. The highest BCUT2D eigenvalue weighted by Gasteiger charge is 1.96. The number of nitrogens with one attached hydrogen (secondary N) is 1. The van der Waals surface area contributed by atoms with E-state index in [0.717, 1.165) is 5.61 Å². The molecule has 0 aromatic carbocycles. The van der Waals surface area contributed by atoms with Gasteiger partial charge < -0.3 is 5.41 Å². The van der Waals surface area contributed by atoms with Crippen LogP contribution < -0.4 is 0 Å². The summed E-state index contributed by atoms with van der Waals surface area (Å²) in [4.78, 5) is 0. The van der Waals surface area contributed by atoms with Crippen molar-refractivity contribution in [3.8, 4) is 0 Å². The zero-order chi connectivity index (χ0) is 5.15. The van der Waals surface area contributed by atoms with Crippen molar-refractivity contribution >= 4 is 27.6 Å². The summed E-state index contributed by atoms with van der Waals surface area (Å²) in [7, 11) is 4.03. The van der Waals surface area contributed by atoms with Gasteiger partial charge in [-0.1, -0.05) is 0 Å². The van der Waals surface area contributed by atoms with Gasteiger partial charge in [-0.15, -0.1) is 0 Å². The van der Waals surface area contributed by atoms with Crippen LogP contribution in [0.3, 0.4) is 0 Å². The summed E-state index contributed by atoms with van der Waals surface area (Å²) in [6.45, 7) is 2.26. The van der Waals surface area contributed by atoms with Crippen molar-refractivity contribution in [2.45, 2.75) is 6.92 Å². The van der Waals surface area contributed by atoms with Crippen molar-refractivity contribution in [3.63, 3.8) is 0 Å². The maximum absolute atomic E-state index is 6.95. The van der Waals surface area contributed by atoms with Gasteiger partial charge in [-0.05, 0) is 12.5 Å². The third-order valence-corrected chi connectivity index (χ3v) is 0.866. The first kappa shape index (κ1) is 5.86. The zero-order valence-electron chi connectivity index (χ0n) is 4.58. The Kier molecular flexibility index (Phi) is 2.06. The molecule has 0 aliphatic heterocycles. The summed E-state index contributed by atoms with van der Waals surface area (Å²) in [6.07, 6.45) is 0. The van der Waals surface area contributed by atoms with Crippen LogP contribution in [0.1, 0.15) is 6.92 Å². The maximum Gasteiger partial charge on any atom is 0.117 e. The quantitative estimate of drug-likeness (QED) is 0.286. The van der Waals surface area contributed by atoms with Gasteiger partial charge in [0.2, 0.25) is 0 Å². The van der Waals surface area contributed by atoms with Gasteiger partial charge in [0.05, 0.1) is 15.5 Å². The van der Waals surface area contributed by atoms with Crippen molar-refractivity contribution in [1.29, 1.82) is 5.41 Å². The van der Waals surface area contributed by atoms with Crippen LogP contribution in [-0.4, -0.2) is 27.6 Å². The Bertz CT molecular complexity index is 59.8. The Morgan fingerprint density at radius 3 is 1.83 bits per heavy atom. The fourth-order valence-corrected chi connectivity index (χ4v) is 0. The van der Waals surface area contributed by atoms with Crippen molar-refractivity contribution < 1.29 is 0 Å². The average Bonchev–Trinajstić information content (AvgIpc) is 1.36. The molecule has 4 heteroatoms. The van der Waals surface area contributed by atoms with Crippen LogP contribution in [0.4, 0.5) is 0 Å². The van der Waals surface area contributed by atoms with Gasteiger partial charge in [0.25, 0.3) is 0 Å². The van der Waals surface area contributed by atoms with E-state index in [4.69, 9.17) is 5.41 Å². The minimum absolute atomic E-state index is 0.435. The van der Waals surface area contributed by atoms with E-state index >= 15 is 0 Å². The molecule has 0 aliphatic carbocycles. The first-order valence-electron chi connectivity index (χ1n) is 2.19. The maximum atomic E-state index is 6.95. The average molecular weight is 78.5 g/mol. The Balaban J connectivity index is 3.26. The predicted octanol–water partition coefficient (Wildman–Crippen LogP) is -1.68. The Morgan fingerprint density at radius 1 is 1.67 bits per heavy atom. The Hall–Kier alpha value is -0.135. The lowest BCUT2D eigenvalue weighted by atomic mass is 9.17. The van der Waals surface area contributed by atoms with E-state index in [9.17, 15) is 0 Å². The second kappa shape index (κ2) is 2.11. The molecule has 0 aromatic heterocycles. The molecule has 0 heterocycles. The molecule has 30 valence electrons. The van der Waals surface area contributed by atoms with Crippen LogP contribution in [0.15, 0.2) is 0 Å². The van der Waals surface area contributed by atoms with Crippen molar-refractivity contribution in [1.82, 2.24) is 0 Å². The molecule has 0 atom stereocenters. The minimum atomic E-state index is 0.435. The minimum Gasteiger partial charge on any atom is -0.321 e. The SMILES string of the molecule is BB(B)C(C)=N. The van der Waals surface area contributed by atoms with Gasteiger partial charge >= 0.3 is 0 Å². The lowest BCUT2D eigenvalue weighted by molar-refractivity contribution is 1.53. The van der Waals surface area contributed by atoms with Crippen molar-refractivity contribution in [3.05, 3.63) is 0 Å². The van der Waals surface area contributed by atoms with Crippen LogP contribution in [0.25, 0.3) is 0 Å². The predicted molar refractivity (Wildman–Crippen MR) is 36.2 cm³/mol. The molecule has 0 unspecified atom stereocenters. The summed E-state index contributed by atoms with van der Waals surface area (Å²) >= 11 is 0. The number of hydrogen-bond acceptors (Lipinski definition) is 1. The molecule has 0 fully saturated rings. The topological polar surface area (TPSA) is 23.9 Å². The van der Waals surface area contributed by atoms with E-state index in [0.29, 0.717) is 6.49 Å². The van der Waals surface area contributed by atoms with E-state index in [2.05, 4.69) is 0 Å². The smallest absolute Gasteiger partial charge is 0.117 e. The molecule has 0 saturated carbocycles. The summed E-state index contributed by atoms with van der Waals surface area (Å²) < 4.78 is 0. The molecule has 6 heavy (non-hydrogen) atoms. The van der Waals surface area contributed by atoms with E-state index in [1.165, 1.54) is 0 Å². The Labute approximate surface area is 40.9 Å². The van der Waals surface area contributed by atoms with Gasteiger partial charge in [0.15, 0.2) is 0 Å². The van der Waals surface area contributed by atoms with Crippen molar-refractivity contribution in [2.24, 2.45) is 0 Å². The van der Waals surface area contributed by atoms with Crippen LogP contribution in [0, 0.1) is 5.41 Å². The second-order valence-electron chi connectivity index (χ2n) is 1.84. The van der Waals surface area contributed by atoms with E-state index < -0.39 is 0 Å². The zero-order valence-corrected chi connectivity index (χ0v) is 4.58. The van der Waals surface area contributed by atoms with Gasteiger partial charge in [0.1, 0.15) is 6.49 Å². The summed E-state index contributed by atoms with van der Waals surface area (Å²) in [5.74, 6) is 0. The van der Waals surface area contributed by atoms with Crippen molar-refractivity contribution in [2.75, 3.05) is 0 Å². The largest absolute Gasteiger partial charge is 0.321 e. The highest BCUT2D eigenvalue weighted by molar-refractivity contribution is 7.42. The van der Waals surface area contributed by atoms with Gasteiger partial charge in [-0.3, -0.25) is 0 Å². The summed E-state index contributed by atoms with van der Waals surface area (Å²) in [6, 6.07) is 0. The molecule has 0 amide bonds. The highest BCUT2D eigenvalue weighted by atomic mass is 14.3. The third-order valence-electron chi connectivity index (χ3n) is 0.866. The van der Waals surface area contributed by atoms with E-state index in [1.807, 2.05) is 22.4 Å². The fraction of sp³-hybridized carbons (Fsp3) is 0.500. The number of rotatable bonds is 1. The molecule has 0 aromatic rings. The third kappa shape index (κ3) is 2.12. The van der Waals surface area contributed by atoms with Gasteiger partial charge in [-0.25, -0.2) is 0 Å². The molecular formula is C2H8B3N. The first-order valence-corrected chi connectivity index (χ1v) is 2.19. The first-order chi connectivity index (χ1) is 2.64. The van der Waals surface area contributed by atoms with Crippen LogP contribution in [0.5, 0.6) is 0 Å². The summed E-state index contributed by atoms with van der Waals surface area (Å²) in [5, 5.41) is 6.95. The number of hydrogen-bond donors (Lipinski definition) is 1. The molecule has 0 spiro atoms. The lowest BCUT2D eigenvalue weighted by Gasteiger charge is -1.90. The molecule has 0 saturated heterocycles. The fourth-order valence-electron chi connectivity index (χ4n) is 0. The molecule has 0 aliphatic rings. The highest BCUT2D eigenvalue weighted by Crippen LogP contribution is 1.66. The van der Waals surface area contributed by atoms with Gasteiger partial charge in [-0.2, -0.15) is 0 Å². The van der Waals surface area contributed by atoms with E-state index in [-0.39, 0.29) is 0 Å². The Morgan fingerprint density at radius 2 is 1.83 bits per heavy atom. The van der Waals surface area contributed by atoms with Gasteiger partial charge in [0, 0.05) is 0 Å². The standard InChI is InChI=1S/C2H8B3N/c1-2(6)5(3)4/h6H,3-4H2,1H3. The van der Waals surface area contributed by atoms with Crippen LogP contribution >= 0.6 is 0 Å². The second-order valence-corrected chi connectivity index (χ2v) is 1.84. The molecule has 0 rings (SSSR count). The van der Waals surface area contributed by atoms with E-state index in [1.54, 1.807) is 0 Å². The molecular weight excluding hydrogens is 70.5 g/mol. The summed E-state index contributed by atoms with van der Waals surface area (Å²) in [5.41, 5.74) is 0.759. The molecule has 1 N–H and O–H groups in total.